The molecule has 0 saturated carbocycles. The highest BCUT2D eigenvalue weighted by molar-refractivity contribution is 7.91. The maximum Gasteiger partial charge on any atom is 0.228 e. The van der Waals surface area contributed by atoms with Gasteiger partial charge in [-0.15, -0.1) is 0 Å². The third-order valence-corrected chi connectivity index (χ3v) is 4.86. The van der Waals surface area contributed by atoms with Gasteiger partial charge in [0.15, 0.2) is 9.84 Å². The van der Waals surface area contributed by atoms with Crippen molar-refractivity contribution in [2.45, 2.75) is 20.3 Å². The van der Waals surface area contributed by atoms with Crippen LogP contribution in [-0.4, -0.2) is 25.8 Å². The summed E-state index contributed by atoms with van der Waals surface area (Å²) in [4.78, 5) is 11.9. The van der Waals surface area contributed by atoms with E-state index in [1.165, 1.54) is 0 Å². The van der Waals surface area contributed by atoms with Crippen molar-refractivity contribution in [2.24, 2.45) is 5.92 Å². The highest BCUT2D eigenvalue weighted by Gasteiger charge is 2.32. The van der Waals surface area contributed by atoms with Crippen LogP contribution in [0.4, 0.5) is 5.69 Å². The van der Waals surface area contributed by atoms with Crippen LogP contribution in [0.5, 0.6) is 0 Å². The second kappa shape index (κ2) is 4.72. The fourth-order valence-corrected chi connectivity index (χ4v) is 4.03. The van der Waals surface area contributed by atoms with E-state index in [0.717, 1.165) is 16.8 Å². The third-order valence-electron chi connectivity index (χ3n) is 3.09. The molecule has 1 fully saturated rings. The number of carbonyl (C=O) groups excluding carboxylic acids is 1. The van der Waals surface area contributed by atoms with Gasteiger partial charge in [-0.1, -0.05) is 6.07 Å². The normalized spacial score (nSPS) is 21.8. The summed E-state index contributed by atoms with van der Waals surface area (Å²) in [6.07, 6.45) is 0.430. The number of carbonyl (C=O) groups is 1. The molecule has 0 aromatic heterocycles. The van der Waals surface area contributed by atoms with Crippen LogP contribution in [0.1, 0.15) is 17.5 Å². The second-order valence-corrected chi connectivity index (χ2v) is 7.19. The predicted octanol–water partition coefficient (Wildman–Crippen LogP) is 1.68. The molecule has 1 aliphatic rings. The molecule has 2 rings (SSSR count). The fourth-order valence-electron chi connectivity index (χ4n) is 2.29. The zero-order chi connectivity index (χ0) is 13.3. The van der Waals surface area contributed by atoms with Crippen LogP contribution in [0.15, 0.2) is 18.2 Å². The third kappa shape index (κ3) is 3.10. The Labute approximate surface area is 107 Å². The molecule has 0 unspecified atom stereocenters. The molecule has 5 heteroatoms. The summed E-state index contributed by atoms with van der Waals surface area (Å²) in [5.74, 6) is -0.501. The van der Waals surface area contributed by atoms with Crippen molar-refractivity contribution in [3.63, 3.8) is 0 Å². The van der Waals surface area contributed by atoms with E-state index in [9.17, 15) is 13.2 Å². The van der Waals surface area contributed by atoms with Crippen molar-refractivity contribution >= 4 is 21.4 Å². The molecule has 0 radical (unpaired) electrons. The fraction of sp³-hybridized carbons (Fsp3) is 0.462. The van der Waals surface area contributed by atoms with E-state index >= 15 is 0 Å². The van der Waals surface area contributed by atoms with Gasteiger partial charge in [0.05, 0.1) is 17.4 Å². The van der Waals surface area contributed by atoms with Crippen molar-refractivity contribution < 1.29 is 13.2 Å². The average molecular weight is 267 g/mol. The molecule has 1 amide bonds. The summed E-state index contributed by atoms with van der Waals surface area (Å²) >= 11 is 0. The van der Waals surface area contributed by atoms with Gasteiger partial charge in [0.2, 0.25) is 5.91 Å². The lowest BCUT2D eigenvalue weighted by atomic mass is 10.1. The van der Waals surface area contributed by atoms with E-state index in [-0.39, 0.29) is 17.4 Å². The van der Waals surface area contributed by atoms with Crippen LogP contribution in [0.25, 0.3) is 0 Å². The Hall–Kier alpha value is -1.36. The van der Waals surface area contributed by atoms with Gasteiger partial charge >= 0.3 is 0 Å². The molecular weight excluding hydrogens is 250 g/mol. The Morgan fingerprint density at radius 1 is 1.22 bits per heavy atom. The SMILES string of the molecule is Cc1cc(C)cc(NC(=O)[C@H]2CCS(=O)(=O)C2)c1. The Morgan fingerprint density at radius 2 is 1.83 bits per heavy atom. The number of amides is 1. The first-order valence-corrected chi connectivity index (χ1v) is 7.77. The molecule has 1 aliphatic heterocycles. The molecule has 4 nitrogen and oxygen atoms in total. The van der Waals surface area contributed by atoms with Gasteiger partial charge in [-0.3, -0.25) is 4.79 Å². The van der Waals surface area contributed by atoms with Crippen LogP contribution < -0.4 is 5.32 Å². The largest absolute Gasteiger partial charge is 0.326 e. The molecule has 1 heterocycles. The number of anilines is 1. The first kappa shape index (κ1) is 13.1. The van der Waals surface area contributed by atoms with Crippen molar-refractivity contribution in [3.8, 4) is 0 Å². The maximum atomic E-state index is 11.9. The lowest BCUT2D eigenvalue weighted by molar-refractivity contribution is -0.119. The van der Waals surface area contributed by atoms with E-state index in [1.807, 2.05) is 32.0 Å². The van der Waals surface area contributed by atoms with Gasteiger partial charge in [0.25, 0.3) is 0 Å². The van der Waals surface area contributed by atoms with Crippen molar-refractivity contribution in [3.05, 3.63) is 29.3 Å². The number of sulfone groups is 1. The van der Waals surface area contributed by atoms with Gasteiger partial charge in [0, 0.05) is 5.69 Å². The summed E-state index contributed by atoms with van der Waals surface area (Å²) in [6.45, 7) is 3.92. The average Bonchev–Trinajstić information content (AvgIpc) is 2.57. The molecule has 1 N–H and O–H groups in total. The Bertz CT molecular complexity index is 558. The van der Waals surface area contributed by atoms with Crippen LogP contribution >= 0.6 is 0 Å². The van der Waals surface area contributed by atoms with Gasteiger partial charge in [-0.05, 0) is 43.5 Å². The number of nitrogens with one attached hydrogen (secondary N) is 1. The summed E-state index contributed by atoms with van der Waals surface area (Å²) in [5.41, 5.74) is 2.88. The molecule has 0 aliphatic carbocycles. The van der Waals surface area contributed by atoms with Crippen LogP contribution in [0, 0.1) is 19.8 Å². The highest BCUT2D eigenvalue weighted by atomic mass is 32.2. The minimum atomic E-state index is -3.01. The zero-order valence-electron chi connectivity index (χ0n) is 10.6. The molecule has 18 heavy (non-hydrogen) atoms. The molecule has 1 aromatic carbocycles. The number of aryl methyl sites for hydroxylation is 2. The monoisotopic (exact) mass is 267 g/mol. The quantitative estimate of drug-likeness (QED) is 0.886. The Kier molecular flexibility index (Phi) is 3.43. The summed E-state index contributed by atoms with van der Waals surface area (Å²) < 4.78 is 22.7. The number of rotatable bonds is 2. The van der Waals surface area contributed by atoms with Gasteiger partial charge < -0.3 is 5.32 Å². The smallest absolute Gasteiger partial charge is 0.228 e. The summed E-state index contributed by atoms with van der Waals surface area (Å²) in [7, 11) is -3.01. The maximum absolute atomic E-state index is 11.9. The lowest BCUT2D eigenvalue weighted by Gasteiger charge is -2.10. The Morgan fingerprint density at radius 3 is 2.33 bits per heavy atom. The van der Waals surface area contributed by atoms with E-state index in [1.54, 1.807) is 0 Å². The first-order valence-electron chi connectivity index (χ1n) is 5.95. The van der Waals surface area contributed by atoms with E-state index in [4.69, 9.17) is 0 Å². The number of hydrogen-bond acceptors (Lipinski definition) is 3. The van der Waals surface area contributed by atoms with E-state index in [2.05, 4.69) is 5.32 Å². The molecule has 0 spiro atoms. The standard InChI is InChI=1S/C13H17NO3S/c1-9-5-10(2)7-12(6-9)14-13(15)11-3-4-18(16,17)8-11/h5-7,11H,3-4,8H2,1-2H3,(H,14,15)/t11-/m0/s1. The molecule has 0 bridgehead atoms. The van der Waals surface area contributed by atoms with Crippen molar-refractivity contribution in [1.82, 2.24) is 0 Å². The van der Waals surface area contributed by atoms with Crippen LogP contribution in [0.2, 0.25) is 0 Å². The molecule has 1 saturated heterocycles. The summed E-state index contributed by atoms with van der Waals surface area (Å²) in [6, 6.07) is 5.79. The van der Waals surface area contributed by atoms with Gasteiger partial charge in [0.1, 0.15) is 0 Å². The molecular formula is C13H17NO3S. The Balaban J connectivity index is 2.08. The van der Waals surface area contributed by atoms with Crippen LogP contribution in [0.3, 0.4) is 0 Å². The highest BCUT2D eigenvalue weighted by Crippen LogP contribution is 2.21. The van der Waals surface area contributed by atoms with Gasteiger partial charge in [-0.25, -0.2) is 8.42 Å². The van der Waals surface area contributed by atoms with Gasteiger partial charge in [-0.2, -0.15) is 0 Å². The lowest BCUT2D eigenvalue weighted by Crippen LogP contribution is -2.23. The van der Waals surface area contributed by atoms with E-state index < -0.39 is 15.8 Å². The van der Waals surface area contributed by atoms with Crippen molar-refractivity contribution in [1.29, 1.82) is 0 Å². The van der Waals surface area contributed by atoms with E-state index in [0.29, 0.717) is 6.42 Å². The molecule has 1 atom stereocenters. The molecule has 98 valence electrons. The first-order chi connectivity index (χ1) is 8.35. The topological polar surface area (TPSA) is 63.2 Å². The number of benzene rings is 1. The zero-order valence-corrected chi connectivity index (χ0v) is 11.4. The number of hydrogen-bond donors (Lipinski definition) is 1. The summed E-state index contributed by atoms with van der Waals surface area (Å²) in [5, 5.41) is 2.80. The second-order valence-electron chi connectivity index (χ2n) is 4.97. The van der Waals surface area contributed by atoms with Crippen LogP contribution in [-0.2, 0) is 14.6 Å². The minimum Gasteiger partial charge on any atom is -0.326 e. The molecule has 1 aromatic rings. The predicted molar refractivity (Wildman–Crippen MR) is 71.3 cm³/mol. The minimum absolute atomic E-state index is 0.0242. The van der Waals surface area contributed by atoms with Crippen molar-refractivity contribution in [2.75, 3.05) is 16.8 Å².